The summed E-state index contributed by atoms with van der Waals surface area (Å²) in [4.78, 5) is 13.3. The fourth-order valence-electron chi connectivity index (χ4n) is 1.69. The van der Waals surface area contributed by atoms with Gasteiger partial charge < -0.3 is 15.3 Å². The molecule has 0 rings (SSSR count). The van der Waals surface area contributed by atoms with E-state index >= 15 is 0 Å². The van der Waals surface area contributed by atoms with Gasteiger partial charge in [-0.05, 0) is 38.9 Å². The van der Waals surface area contributed by atoms with E-state index in [0.29, 0.717) is 6.54 Å². The van der Waals surface area contributed by atoms with E-state index in [1.165, 1.54) is 25.7 Å². The van der Waals surface area contributed by atoms with Gasteiger partial charge in [-0.2, -0.15) is 0 Å². The Labute approximate surface area is 105 Å². The van der Waals surface area contributed by atoms with E-state index in [2.05, 4.69) is 24.1 Å². The predicted molar refractivity (Wildman–Crippen MR) is 71.0 cm³/mol. The van der Waals surface area contributed by atoms with Gasteiger partial charge in [0.2, 0.25) is 5.91 Å². The summed E-state index contributed by atoms with van der Waals surface area (Å²) >= 11 is 0. The number of aliphatic hydroxyl groups is 1. The number of nitrogens with one attached hydrogen (secondary N) is 1. The first-order valence-corrected chi connectivity index (χ1v) is 6.84. The maximum absolute atomic E-state index is 10.8. The van der Waals surface area contributed by atoms with Crippen molar-refractivity contribution in [2.45, 2.75) is 46.0 Å². The lowest BCUT2D eigenvalue weighted by atomic mass is 10.2. The molecule has 4 nitrogen and oxygen atoms in total. The first-order chi connectivity index (χ1) is 8.24. The van der Waals surface area contributed by atoms with Crippen molar-refractivity contribution in [1.29, 1.82) is 0 Å². The zero-order chi connectivity index (χ0) is 12.9. The molecule has 17 heavy (non-hydrogen) atoms. The standard InChI is InChI=1S/C13H28N2O2/c1-3-5-9-15(10-6-4-2)11-7-8-14-13(17)12-16/h16H,3-12H2,1-2H3,(H,14,17). The molecule has 2 N–H and O–H groups in total. The van der Waals surface area contributed by atoms with Crippen LogP contribution < -0.4 is 5.32 Å². The summed E-state index contributed by atoms with van der Waals surface area (Å²) in [5.74, 6) is -0.279. The third-order valence-corrected chi connectivity index (χ3v) is 2.77. The second-order valence-corrected chi connectivity index (χ2v) is 4.41. The van der Waals surface area contributed by atoms with Crippen molar-refractivity contribution < 1.29 is 9.90 Å². The Kier molecular flexibility index (Phi) is 11.4. The number of hydrogen-bond acceptors (Lipinski definition) is 3. The van der Waals surface area contributed by atoms with E-state index in [0.717, 1.165) is 26.1 Å². The Morgan fingerprint density at radius 2 is 1.59 bits per heavy atom. The molecule has 4 heteroatoms. The van der Waals surface area contributed by atoms with Gasteiger partial charge in [-0.1, -0.05) is 26.7 Å². The van der Waals surface area contributed by atoms with Crippen LogP contribution in [-0.4, -0.2) is 48.7 Å². The molecule has 0 heterocycles. The molecule has 0 aliphatic rings. The van der Waals surface area contributed by atoms with Crippen molar-refractivity contribution in [1.82, 2.24) is 10.2 Å². The molecule has 0 aromatic carbocycles. The van der Waals surface area contributed by atoms with Crippen LogP contribution in [0.15, 0.2) is 0 Å². The summed E-state index contributed by atoms with van der Waals surface area (Å²) in [6.45, 7) is 8.02. The lowest BCUT2D eigenvalue weighted by molar-refractivity contribution is -0.123. The lowest BCUT2D eigenvalue weighted by Crippen LogP contribution is -2.32. The minimum atomic E-state index is -0.407. The maximum Gasteiger partial charge on any atom is 0.245 e. The summed E-state index contributed by atoms with van der Waals surface area (Å²) in [6, 6.07) is 0. The highest BCUT2D eigenvalue weighted by atomic mass is 16.3. The molecule has 1 amide bonds. The SMILES string of the molecule is CCCCN(CCCC)CCCNC(=O)CO. The van der Waals surface area contributed by atoms with Crippen LogP contribution in [0.1, 0.15) is 46.0 Å². The Morgan fingerprint density at radius 1 is 1.06 bits per heavy atom. The number of carbonyl (C=O) groups is 1. The summed E-state index contributed by atoms with van der Waals surface area (Å²) in [5, 5.41) is 11.2. The van der Waals surface area contributed by atoms with Gasteiger partial charge in [-0.3, -0.25) is 4.79 Å². The highest BCUT2D eigenvalue weighted by Crippen LogP contribution is 2.00. The van der Waals surface area contributed by atoms with E-state index in [-0.39, 0.29) is 5.91 Å². The van der Waals surface area contributed by atoms with Gasteiger partial charge in [0.1, 0.15) is 6.61 Å². The minimum absolute atomic E-state index is 0.279. The molecular weight excluding hydrogens is 216 g/mol. The Hall–Kier alpha value is -0.610. The molecule has 0 saturated carbocycles. The smallest absolute Gasteiger partial charge is 0.245 e. The summed E-state index contributed by atoms with van der Waals surface area (Å²) in [5.41, 5.74) is 0. The van der Waals surface area contributed by atoms with Crippen LogP contribution in [0.3, 0.4) is 0 Å². The average molecular weight is 244 g/mol. The van der Waals surface area contributed by atoms with E-state index < -0.39 is 6.61 Å². The van der Waals surface area contributed by atoms with Gasteiger partial charge in [0.25, 0.3) is 0 Å². The summed E-state index contributed by atoms with van der Waals surface area (Å²) < 4.78 is 0. The predicted octanol–water partition coefficient (Wildman–Crippen LogP) is 1.39. The number of rotatable bonds is 11. The van der Waals surface area contributed by atoms with E-state index in [9.17, 15) is 4.79 Å². The molecule has 102 valence electrons. The van der Waals surface area contributed by atoms with Crippen LogP contribution >= 0.6 is 0 Å². The quantitative estimate of drug-likeness (QED) is 0.540. The number of aliphatic hydroxyl groups excluding tert-OH is 1. The van der Waals surface area contributed by atoms with Crippen molar-refractivity contribution >= 4 is 5.91 Å². The Balaban J connectivity index is 3.62. The molecule has 0 aromatic rings. The molecule has 0 aliphatic heterocycles. The Morgan fingerprint density at radius 3 is 2.06 bits per heavy atom. The van der Waals surface area contributed by atoms with Crippen molar-refractivity contribution in [2.24, 2.45) is 0 Å². The van der Waals surface area contributed by atoms with Gasteiger partial charge in [0.05, 0.1) is 0 Å². The third-order valence-electron chi connectivity index (χ3n) is 2.77. The normalized spacial score (nSPS) is 10.8. The molecule has 0 spiro atoms. The molecule has 0 radical (unpaired) electrons. The molecular formula is C13H28N2O2. The van der Waals surface area contributed by atoms with E-state index in [1.807, 2.05) is 0 Å². The first kappa shape index (κ1) is 16.4. The zero-order valence-electron chi connectivity index (χ0n) is 11.4. The molecule has 0 bridgehead atoms. The number of carbonyl (C=O) groups excluding carboxylic acids is 1. The van der Waals surface area contributed by atoms with E-state index in [1.54, 1.807) is 0 Å². The number of hydrogen-bond donors (Lipinski definition) is 2. The number of unbranched alkanes of at least 4 members (excludes halogenated alkanes) is 2. The van der Waals surface area contributed by atoms with Gasteiger partial charge in [-0.15, -0.1) is 0 Å². The van der Waals surface area contributed by atoms with Crippen LogP contribution in [0.5, 0.6) is 0 Å². The second kappa shape index (κ2) is 11.9. The lowest BCUT2D eigenvalue weighted by Gasteiger charge is -2.21. The highest BCUT2D eigenvalue weighted by molar-refractivity contribution is 5.76. The van der Waals surface area contributed by atoms with Crippen LogP contribution in [0, 0.1) is 0 Å². The van der Waals surface area contributed by atoms with Crippen molar-refractivity contribution in [2.75, 3.05) is 32.8 Å². The fraction of sp³-hybridized carbons (Fsp3) is 0.923. The van der Waals surface area contributed by atoms with Crippen molar-refractivity contribution in [3.63, 3.8) is 0 Å². The van der Waals surface area contributed by atoms with Crippen molar-refractivity contribution in [3.8, 4) is 0 Å². The molecule has 0 aromatic heterocycles. The van der Waals surface area contributed by atoms with Crippen LogP contribution in [0.4, 0.5) is 0 Å². The molecule has 0 aliphatic carbocycles. The summed E-state index contributed by atoms with van der Waals surface area (Å²) in [6.07, 6.45) is 5.90. The van der Waals surface area contributed by atoms with Gasteiger partial charge >= 0.3 is 0 Å². The first-order valence-electron chi connectivity index (χ1n) is 6.84. The molecule has 0 fully saturated rings. The second-order valence-electron chi connectivity index (χ2n) is 4.41. The molecule has 0 saturated heterocycles. The van der Waals surface area contributed by atoms with Crippen LogP contribution in [-0.2, 0) is 4.79 Å². The van der Waals surface area contributed by atoms with Gasteiger partial charge in [0.15, 0.2) is 0 Å². The topological polar surface area (TPSA) is 52.6 Å². The maximum atomic E-state index is 10.8. The fourth-order valence-corrected chi connectivity index (χ4v) is 1.69. The van der Waals surface area contributed by atoms with Crippen LogP contribution in [0.25, 0.3) is 0 Å². The molecule has 0 atom stereocenters. The largest absolute Gasteiger partial charge is 0.387 e. The number of amides is 1. The highest BCUT2D eigenvalue weighted by Gasteiger charge is 2.04. The zero-order valence-corrected chi connectivity index (χ0v) is 11.4. The van der Waals surface area contributed by atoms with Gasteiger partial charge in [0, 0.05) is 6.54 Å². The summed E-state index contributed by atoms with van der Waals surface area (Å²) in [7, 11) is 0. The molecule has 0 unspecified atom stereocenters. The Bertz CT molecular complexity index is 178. The van der Waals surface area contributed by atoms with Crippen molar-refractivity contribution in [3.05, 3.63) is 0 Å². The monoisotopic (exact) mass is 244 g/mol. The van der Waals surface area contributed by atoms with Gasteiger partial charge in [-0.25, -0.2) is 0 Å². The number of nitrogens with zero attached hydrogens (tertiary/aromatic N) is 1. The third kappa shape index (κ3) is 10.3. The minimum Gasteiger partial charge on any atom is -0.387 e. The van der Waals surface area contributed by atoms with Crippen LogP contribution in [0.2, 0.25) is 0 Å². The average Bonchev–Trinajstić information content (AvgIpc) is 2.36. The van der Waals surface area contributed by atoms with E-state index in [4.69, 9.17) is 5.11 Å².